The van der Waals surface area contributed by atoms with E-state index in [-0.39, 0.29) is 0 Å². The Morgan fingerprint density at radius 1 is 0.906 bits per heavy atom. The number of ether oxygens (including phenoxy) is 4. The van der Waals surface area contributed by atoms with Gasteiger partial charge in [0.2, 0.25) is 0 Å². The molecule has 0 unspecified atom stereocenters. The summed E-state index contributed by atoms with van der Waals surface area (Å²) in [4.78, 5) is 9.01. The van der Waals surface area contributed by atoms with E-state index < -0.39 is 0 Å². The van der Waals surface area contributed by atoms with Gasteiger partial charge in [0.1, 0.15) is 0 Å². The summed E-state index contributed by atoms with van der Waals surface area (Å²) in [5, 5.41) is 4.73. The second-order valence-corrected chi connectivity index (χ2v) is 7.47. The van der Waals surface area contributed by atoms with E-state index in [2.05, 4.69) is 9.97 Å². The molecule has 0 saturated carbocycles. The van der Waals surface area contributed by atoms with Gasteiger partial charge in [-0.1, -0.05) is 6.07 Å². The summed E-state index contributed by atoms with van der Waals surface area (Å²) in [6.45, 7) is 1.31. The Balaban J connectivity index is 1.41. The molecule has 4 aromatic rings. The Labute approximate surface area is 185 Å². The molecule has 0 amide bonds. The number of rotatable bonds is 6. The van der Waals surface area contributed by atoms with Gasteiger partial charge in [-0.15, -0.1) is 5.10 Å². The number of nitrogens with zero attached hydrogens (tertiary/aromatic N) is 4. The van der Waals surface area contributed by atoms with Crippen molar-refractivity contribution in [2.24, 2.45) is 0 Å². The van der Waals surface area contributed by atoms with Crippen molar-refractivity contribution >= 4 is 5.78 Å². The molecule has 5 rings (SSSR count). The second-order valence-electron chi connectivity index (χ2n) is 7.47. The van der Waals surface area contributed by atoms with Crippen LogP contribution in [0.1, 0.15) is 17.8 Å². The molecular formula is C24H24N4O4. The Bertz CT molecular complexity index is 1250. The van der Waals surface area contributed by atoms with Crippen LogP contribution in [0.15, 0.2) is 48.7 Å². The summed E-state index contributed by atoms with van der Waals surface area (Å²) < 4.78 is 24.1. The first-order valence-electron chi connectivity index (χ1n) is 10.6. The van der Waals surface area contributed by atoms with Gasteiger partial charge in [0.25, 0.3) is 5.78 Å². The molecule has 3 heterocycles. The average molecular weight is 432 g/mol. The zero-order chi connectivity index (χ0) is 21.9. The molecule has 164 valence electrons. The highest BCUT2D eigenvalue weighted by atomic mass is 16.5. The van der Waals surface area contributed by atoms with E-state index in [9.17, 15) is 0 Å². The van der Waals surface area contributed by atoms with Crippen molar-refractivity contribution in [1.82, 2.24) is 19.6 Å². The fourth-order valence-corrected chi connectivity index (χ4v) is 3.77. The highest BCUT2D eigenvalue weighted by Gasteiger charge is 2.15. The average Bonchev–Trinajstić information content (AvgIpc) is 3.11. The summed E-state index contributed by atoms with van der Waals surface area (Å²) in [5.74, 6) is 4.24. The smallest absolute Gasteiger partial charge is 0.252 e. The monoisotopic (exact) mass is 432 g/mol. The minimum Gasteiger partial charge on any atom is -0.493 e. The van der Waals surface area contributed by atoms with Gasteiger partial charge in [-0.05, 0) is 48.4 Å². The molecule has 0 aliphatic carbocycles. The van der Waals surface area contributed by atoms with Crippen molar-refractivity contribution in [3.63, 3.8) is 0 Å². The van der Waals surface area contributed by atoms with Gasteiger partial charge in [-0.3, -0.25) is 0 Å². The van der Waals surface area contributed by atoms with Gasteiger partial charge in [-0.2, -0.15) is 9.50 Å². The van der Waals surface area contributed by atoms with Crippen molar-refractivity contribution in [2.75, 3.05) is 27.4 Å². The molecule has 2 aromatic carbocycles. The van der Waals surface area contributed by atoms with E-state index in [1.54, 1.807) is 24.9 Å². The lowest BCUT2D eigenvalue weighted by molar-refractivity contribution is 0.297. The Morgan fingerprint density at radius 3 is 2.59 bits per heavy atom. The maximum absolute atomic E-state index is 5.85. The standard InChI is InChI=1S/C24H24N4O4/c1-29-19-7-4-16(14-21(19)30-2)5-9-23-26-24-25-11-10-18(28(24)27-23)17-6-8-20-22(15-17)32-13-3-12-31-20/h4,6-8,10-11,14-15H,3,5,9,12-13H2,1-2H3. The maximum atomic E-state index is 5.85. The minimum absolute atomic E-state index is 0.567. The number of hydrogen-bond donors (Lipinski definition) is 0. The molecule has 0 N–H and O–H groups in total. The Hall–Kier alpha value is -3.81. The predicted molar refractivity (Wildman–Crippen MR) is 119 cm³/mol. The number of methoxy groups -OCH3 is 2. The van der Waals surface area contributed by atoms with Crippen LogP contribution in [0.2, 0.25) is 0 Å². The summed E-state index contributed by atoms with van der Waals surface area (Å²) >= 11 is 0. The van der Waals surface area contributed by atoms with E-state index >= 15 is 0 Å². The molecule has 32 heavy (non-hydrogen) atoms. The van der Waals surface area contributed by atoms with Crippen molar-refractivity contribution in [2.45, 2.75) is 19.3 Å². The highest BCUT2D eigenvalue weighted by molar-refractivity contribution is 5.65. The molecule has 8 nitrogen and oxygen atoms in total. The molecule has 0 spiro atoms. The highest BCUT2D eigenvalue weighted by Crippen LogP contribution is 2.34. The van der Waals surface area contributed by atoms with Crippen molar-refractivity contribution in [1.29, 1.82) is 0 Å². The van der Waals surface area contributed by atoms with E-state index in [0.29, 0.717) is 36.9 Å². The van der Waals surface area contributed by atoms with E-state index in [0.717, 1.165) is 47.0 Å². The topological polar surface area (TPSA) is 80.0 Å². The lowest BCUT2D eigenvalue weighted by Gasteiger charge is -2.10. The van der Waals surface area contributed by atoms with Crippen LogP contribution in [0.4, 0.5) is 0 Å². The third-order valence-corrected chi connectivity index (χ3v) is 5.41. The van der Waals surface area contributed by atoms with Crippen molar-refractivity contribution in [3.05, 3.63) is 60.0 Å². The van der Waals surface area contributed by atoms with Gasteiger partial charge in [0, 0.05) is 24.6 Å². The van der Waals surface area contributed by atoms with Gasteiger partial charge in [0.05, 0.1) is 33.1 Å². The van der Waals surface area contributed by atoms with Gasteiger partial charge >= 0.3 is 0 Å². The summed E-state index contributed by atoms with van der Waals surface area (Å²) in [6.07, 6.45) is 4.08. The number of aryl methyl sites for hydroxylation is 2. The van der Waals surface area contributed by atoms with Gasteiger partial charge in [0.15, 0.2) is 28.8 Å². The minimum atomic E-state index is 0.567. The summed E-state index contributed by atoms with van der Waals surface area (Å²) in [7, 11) is 3.27. The molecule has 8 heteroatoms. The quantitative estimate of drug-likeness (QED) is 0.459. The molecular weight excluding hydrogens is 408 g/mol. The first-order chi connectivity index (χ1) is 15.7. The Morgan fingerprint density at radius 2 is 1.75 bits per heavy atom. The zero-order valence-corrected chi connectivity index (χ0v) is 18.1. The van der Waals surface area contributed by atoms with Crippen LogP contribution < -0.4 is 18.9 Å². The summed E-state index contributed by atoms with van der Waals surface area (Å²) in [5.41, 5.74) is 2.99. The van der Waals surface area contributed by atoms with Crippen LogP contribution in [0.25, 0.3) is 17.0 Å². The van der Waals surface area contributed by atoms with Gasteiger partial charge in [-0.25, -0.2) is 4.98 Å². The first kappa shape index (κ1) is 20.1. The molecule has 0 radical (unpaired) electrons. The van der Waals surface area contributed by atoms with Crippen molar-refractivity contribution < 1.29 is 18.9 Å². The third-order valence-electron chi connectivity index (χ3n) is 5.41. The molecule has 2 aromatic heterocycles. The van der Waals surface area contributed by atoms with Gasteiger partial charge < -0.3 is 18.9 Å². The van der Waals surface area contributed by atoms with E-state index in [4.69, 9.17) is 24.0 Å². The third kappa shape index (κ3) is 3.91. The van der Waals surface area contributed by atoms with Crippen LogP contribution in [0, 0.1) is 0 Å². The molecule has 1 aliphatic rings. The predicted octanol–water partition coefficient (Wildman–Crippen LogP) is 3.76. The van der Waals surface area contributed by atoms with E-state index in [1.807, 2.05) is 42.5 Å². The summed E-state index contributed by atoms with van der Waals surface area (Å²) in [6, 6.07) is 13.8. The number of benzene rings is 2. The molecule has 0 fully saturated rings. The Kier molecular flexibility index (Phi) is 5.49. The second kappa shape index (κ2) is 8.74. The zero-order valence-electron chi connectivity index (χ0n) is 18.1. The lowest BCUT2D eigenvalue weighted by Crippen LogP contribution is -1.99. The van der Waals surface area contributed by atoms with Crippen LogP contribution in [0.3, 0.4) is 0 Å². The normalized spacial score (nSPS) is 13.1. The fraction of sp³-hybridized carbons (Fsp3) is 0.292. The fourth-order valence-electron chi connectivity index (χ4n) is 3.77. The van der Waals surface area contributed by atoms with Crippen molar-refractivity contribution in [3.8, 4) is 34.3 Å². The van der Waals surface area contributed by atoms with Crippen LogP contribution in [-0.4, -0.2) is 47.0 Å². The van der Waals surface area contributed by atoms with Crippen LogP contribution in [-0.2, 0) is 12.8 Å². The molecule has 0 saturated heterocycles. The van der Waals surface area contributed by atoms with Crippen LogP contribution >= 0.6 is 0 Å². The van der Waals surface area contributed by atoms with E-state index in [1.165, 1.54) is 0 Å². The first-order valence-corrected chi connectivity index (χ1v) is 10.6. The van der Waals surface area contributed by atoms with Crippen LogP contribution in [0.5, 0.6) is 23.0 Å². The molecule has 0 atom stereocenters. The number of hydrogen-bond acceptors (Lipinski definition) is 7. The lowest BCUT2D eigenvalue weighted by atomic mass is 10.1. The largest absolute Gasteiger partial charge is 0.493 e. The molecule has 0 bridgehead atoms. The molecule has 1 aliphatic heterocycles. The number of aromatic nitrogens is 4. The number of fused-ring (bicyclic) bond motifs is 2. The SMILES string of the molecule is COc1ccc(CCc2nc3nccc(-c4ccc5c(c4)OCCCO5)n3n2)cc1OC. The maximum Gasteiger partial charge on any atom is 0.252 e.